The van der Waals surface area contributed by atoms with E-state index in [1.54, 1.807) is 12.1 Å². The second kappa shape index (κ2) is 8.79. The molecular weight excluding hydrogens is 368 g/mol. The Hall–Kier alpha value is -3.00. The Kier molecular flexibility index (Phi) is 6.20. The highest BCUT2D eigenvalue weighted by molar-refractivity contribution is 6.03. The Morgan fingerprint density at radius 1 is 1.07 bits per heavy atom. The van der Waals surface area contributed by atoms with Gasteiger partial charge in [0.2, 0.25) is 11.8 Å². The molecule has 0 aromatic heterocycles. The van der Waals surface area contributed by atoms with E-state index in [1.807, 2.05) is 12.1 Å². The zero-order chi connectivity index (χ0) is 20.1. The summed E-state index contributed by atoms with van der Waals surface area (Å²) in [5, 5.41) is 2.22. The fourth-order valence-electron chi connectivity index (χ4n) is 3.07. The van der Waals surface area contributed by atoms with Crippen LogP contribution in [0.4, 0.5) is 25.8 Å². The highest BCUT2D eigenvalue weighted by Crippen LogP contribution is 2.30. The quantitative estimate of drug-likeness (QED) is 0.854. The maximum Gasteiger partial charge on any atom is 0.244 e. The first kappa shape index (κ1) is 19.8. The molecule has 8 heteroatoms. The van der Waals surface area contributed by atoms with Crippen LogP contribution in [-0.2, 0) is 14.3 Å². The van der Waals surface area contributed by atoms with Crippen molar-refractivity contribution >= 4 is 28.9 Å². The summed E-state index contributed by atoms with van der Waals surface area (Å²) >= 11 is 0. The third-order valence-corrected chi connectivity index (χ3v) is 4.43. The molecule has 0 bridgehead atoms. The number of ether oxygens (including phenoxy) is 1. The van der Waals surface area contributed by atoms with Crippen LogP contribution in [0.3, 0.4) is 0 Å². The van der Waals surface area contributed by atoms with Crippen LogP contribution in [0.25, 0.3) is 0 Å². The first-order valence-electron chi connectivity index (χ1n) is 8.91. The van der Waals surface area contributed by atoms with Gasteiger partial charge in [0.25, 0.3) is 0 Å². The number of para-hydroxylation sites is 3. The zero-order valence-corrected chi connectivity index (χ0v) is 15.5. The maximum absolute atomic E-state index is 13.8. The molecule has 148 valence electrons. The van der Waals surface area contributed by atoms with Crippen LogP contribution < -0.4 is 15.1 Å². The van der Waals surface area contributed by atoms with Gasteiger partial charge in [-0.1, -0.05) is 18.2 Å². The average Bonchev–Trinajstić information content (AvgIpc) is 2.69. The van der Waals surface area contributed by atoms with Gasteiger partial charge in [-0.3, -0.25) is 9.59 Å². The maximum atomic E-state index is 13.8. The number of morpholine rings is 1. The van der Waals surface area contributed by atoms with Gasteiger partial charge in [0, 0.05) is 20.0 Å². The molecular formula is C20H21F2N3O3. The molecule has 0 aliphatic carbocycles. The molecule has 6 nitrogen and oxygen atoms in total. The van der Waals surface area contributed by atoms with Crippen molar-refractivity contribution in [1.29, 1.82) is 0 Å². The Morgan fingerprint density at radius 2 is 1.71 bits per heavy atom. The second-order valence-corrected chi connectivity index (χ2v) is 6.34. The van der Waals surface area contributed by atoms with Crippen LogP contribution in [0.15, 0.2) is 42.5 Å². The molecule has 0 radical (unpaired) electrons. The van der Waals surface area contributed by atoms with Crippen molar-refractivity contribution in [3.63, 3.8) is 0 Å². The van der Waals surface area contributed by atoms with E-state index in [4.69, 9.17) is 4.74 Å². The van der Waals surface area contributed by atoms with Crippen molar-refractivity contribution in [3.05, 3.63) is 54.1 Å². The molecule has 1 N–H and O–H groups in total. The number of hydrogen-bond acceptors (Lipinski definition) is 4. The predicted molar refractivity (Wildman–Crippen MR) is 102 cm³/mol. The smallest absolute Gasteiger partial charge is 0.244 e. The van der Waals surface area contributed by atoms with E-state index in [-0.39, 0.29) is 12.5 Å². The summed E-state index contributed by atoms with van der Waals surface area (Å²) in [5.74, 6) is -2.81. The van der Waals surface area contributed by atoms with Crippen LogP contribution >= 0.6 is 0 Å². The van der Waals surface area contributed by atoms with Crippen LogP contribution in [-0.4, -0.2) is 44.7 Å². The highest BCUT2D eigenvalue weighted by atomic mass is 19.1. The molecule has 0 atom stereocenters. The van der Waals surface area contributed by atoms with Gasteiger partial charge in [-0.25, -0.2) is 8.78 Å². The van der Waals surface area contributed by atoms with E-state index < -0.39 is 23.2 Å². The summed E-state index contributed by atoms with van der Waals surface area (Å²) in [7, 11) is 0. The number of carbonyl (C=O) groups is 2. The molecule has 28 heavy (non-hydrogen) atoms. The summed E-state index contributed by atoms with van der Waals surface area (Å²) in [6.07, 6.45) is 0. The number of halogens is 2. The van der Waals surface area contributed by atoms with E-state index in [0.717, 1.165) is 17.8 Å². The third-order valence-electron chi connectivity index (χ3n) is 4.43. The fraction of sp³-hybridized carbons (Fsp3) is 0.300. The molecule has 1 fully saturated rings. The number of anilines is 3. The van der Waals surface area contributed by atoms with Crippen molar-refractivity contribution < 1.29 is 23.1 Å². The molecule has 2 amide bonds. The first-order valence-corrected chi connectivity index (χ1v) is 8.91. The van der Waals surface area contributed by atoms with Gasteiger partial charge in [-0.15, -0.1) is 0 Å². The lowest BCUT2D eigenvalue weighted by Crippen LogP contribution is -2.40. The molecule has 2 aromatic carbocycles. The average molecular weight is 389 g/mol. The van der Waals surface area contributed by atoms with Gasteiger partial charge in [0.1, 0.15) is 23.9 Å². The Morgan fingerprint density at radius 3 is 2.36 bits per heavy atom. The molecule has 1 heterocycles. The lowest BCUT2D eigenvalue weighted by Gasteiger charge is -2.33. The summed E-state index contributed by atoms with van der Waals surface area (Å²) in [6, 6.07) is 10.5. The number of carbonyl (C=O) groups excluding carboxylic acids is 2. The molecule has 0 saturated carbocycles. The molecule has 0 unspecified atom stereocenters. The van der Waals surface area contributed by atoms with Crippen molar-refractivity contribution in [3.8, 4) is 0 Å². The number of nitrogens with one attached hydrogen (secondary N) is 1. The summed E-state index contributed by atoms with van der Waals surface area (Å²) in [4.78, 5) is 28.0. The van der Waals surface area contributed by atoms with Gasteiger partial charge in [0.05, 0.1) is 24.6 Å². The van der Waals surface area contributed by atoms with Crippen LogP contribution in [0, 0.1) is 11.6 Å². The van der Waals surface area contributed by atoms with E-state index in [0.29, 0.717) is 32.0 Å². The number of rotatable bonds is 5. The minimum atomic E-state index is -0.878. The first-order chi connectivity index (χ1) is 13.5. The van der Waals surface area contributed by atoms with Crippen molar-refractivity contribution in [1.82, 2.24) is 0 Å². The summed E-state index contributed by atoms with van der Waals surface area (Å²) in [6.45, 7) is 3.44. The van der Waals surface area contributed by atoms with Crippen molar-refractivity contribution in [2.45, 2.75) is 6.92 Å². The van der Waals surface area contributed by atoms with Gasteiger partial charge in [-0.05, 0) is 24.3 Å². The molecule has 0 spiro atoms. The molecule has 1 aliphatic rings. The normalized spacial score (nSPS) is 13.9. The number of nitrogens with zero attached hydrogens (tertiary/aromatic N) is 2. The fourth-order valence-corrected chi connectivity index (χ4v) is 3.07. The Balaban J connectivity index is 1.83. The minimum Gasteiger partial charge on any atom is -0.378 e. The van der Waals surface area contributed by atoms with Crippen LogP contribution in [0.2, 0.25) is 0 Å². The minimum absolute atomic E-state index is 0.357. The lowest BCUT2D eigenvalue weighted by molar-refractivity contribution is -0.120. The standard InChI is InChI=1S/C20H21F2N3O3/c1-14(26)25(13-19(27)23-20-15(21)5-4-6-16(20)22)18-8-3-2-7-17(18)24-9-11-28-12-10-24/h2-8H,9-13H2,1H3,(H,23,27). The van der Waals surface area contributed by atoms with E-state index in [2.05, 4.69) is 10.2 Å². The number of hydrogen-bond donors (Lipinski definition) is 1. The second-order valence-electron chi connectivity index (χ2n) is 6.34. The largest absolute Gasteiger partial charge is 0.378 e. The molecule has 1 aliphatic heterocycles. The van der Waals surface area contributed by atoms with Crippen LogP contribution in [0.1, 0.15) is 6.92 Å². The van der Waals surface area contributed by atoms with Crippen molar-refractivity contribution in [2.24, 2.45) is 0 Å². The predicted octanol–water partition coefficient (Wildman–Crippen LogP) is 2.79. The van der Waals surface area contributed by atoms with Gasteiger partial charge in [0.15, 0.2) is 0 Å². The van der Waals surface area contributed by atoms with Crippen molar-refractivity contribution in [2.75, 3.05) is 48.0 Å². The van der Waals surface area contributed by atoms with Gasteiger partial charge < -0.3 is 19.9 Å². The zero-order valence-electron chi connectivity index (χ0n) is 15.5. The van der Waals surface area contributed by atoms with Crippen LogP contribution in [0.5, 0.6) is 0 Å². The lowest BCUT2D eigenvalue weighted by atomic mass is 10.2. The summed E-state index contributed by atoms with van der Waals surface area (Å²) in [5.41, 5.74) is 0.824. The van der Waals surface area contributed by atoms with Gasteiger partial charge >= 0.3 is 0 Å². The number of amides is 2. The SMILES string of the molecule is CC(=O)N(CC(=O)Nc1c(F)cccc1F)c1ccccc1N1CCOCC1. The van der Waals surface area contributed by atoms with E-state index in [1.165, 1.54) is 17.9 Å². The number of benzene rings is 2. The van der Waals surface area contributed by atoms with Gasteiger partial charge in [-0.2, -0.15) is 0 Å². The Bertz CT molecular complexity index is 849. The Labute approximate surface area is 161 Å². The topological polar surface area (TPSA) is 61.9 Å². The molecule has 3 rings (SSSR count). The summed E-state index contributed by atoms with van der Waals surface area (Å²) < 4.78 is 32.9. The monoisotopic (exact) mass is 389 g/mol. The highest BCUT2D eigenvalue weighted by Gasteiger charge is 2.23. The molecule has 2 aromatic rings. The van der Waals surface area contributed by atoms with E-state index in [9.17, 15) is 18.4 Å². The third kappa shape index (κ3) is 4.45. The van der Waals surface area contributed by atoms with E-state index >= 15 is 0 Å². The molecule has 1 saturated heterocycles.